The summed E-state index contributed by atoms with van der Waals surface area (Å²) in [4.78, 5) is 8.57. The molecule has 1 aromatic heterocycles. The average molecular weight is 240 g/mol. The van der Waals surface area contributed by atoms with Gasteiger partial charge in [-0.25, -0.2) is 9.97 Å². The zero-order valence-electron chi connectivity index (χ0n) is 9.99. The van der Waals surface area contributed by atoms with Gasteiger partial charge in [0.2, 0.25) is 0 Å². The molecule has 0 fully saturated rings. The van der Waals surface area contributed by atoms with Gasteiger partial charge < -0.3 is 10.6 Å². The maximum atomic E-state index is 4.28. The fourth-order valence-electron chi connectivity index (χ4n) is 1.26. The minimum atomic E-state index is 0.848. The molecule has 0 bridgehead atoms. The predicted molar refractivity (Wildman–Crippen MR) is 68.7 cm³/mol. The summed E-state index contributed by atoms with van der Waals surface area (Å²) in [7, 11) is 1.97. The van der Waals surface area contributed by atoms with E-state index in [0.717, 1.165) is 42.5 Å². The smallest absolute Gasteiger partial charge is 0.187 e. The lowest BCUT2D eigenvalue weighted by molar-refractivity contribution is 0.622. The van der Waals surface area contributed by atoms with E-state index in [-0.39, 0.29) is 0 Å². The van der Waals surface area contributed by atoms with Crippen LogP contribution in [-0.4, -0.2) is 35.9 Å². The van der Waals surface area contributed by atoms with Crippen molar-refractivity contribution in [1.82, 2.24) is 20.6 Å². The molecule has 0 unspecified atom stereocenters. The summed E-state index contributed by atoms with van der Waals surface area (Å²) >= 11 is 1.67. The third kappa shape index (κ3) is 5.44. The van der Waals surface area contributed by atoms with E-state index < -0.39 is 0 Å². The van der Waals surface area contributed by atoms with Crippen LogP contribution in [0, 0.1) is 0 Å². The molecule has 1 heterocycles. The Morgan fingerprint density at radius 1 is 1.25 bits per heavy atom. The molecule has 1 rings (SSSR count). The Bertz CT molecular complexity index is 276. The van der Waals surface area contributed by atoms with Crippen molar-refractivity contribution in [2.45, 2.75) is 25.0 Å². The van der Waals surface area contributed by atoms with Crippen LogP contribution in [0.5, 0.6) is 0 Å². The molecule has 0 saturated heterocycles. The molecule has 5 heteroatoms. The molecular weight excluding hydrogens is 220 g/mol. The fourth-order valence-corrected chi connectivity index (χ4v) is 1.77. The Hall–Kier alpha value is -0.650. The summed E-state index contributed by atoms with van der Waals surface area (Å²) < 4.78 is 0. The number of hydrogen-bond acceptors (Lipinski definition) is 5. The third-order valence-corrected chi connectivity index (χ3v) is 2.82. The number of aromatic nitrogens is 2. The van der Waals surface area contributed by atoms with Crippen molar-refractivity contribution in [2.75, 3.05) is 25.9 Å². The van der Waals surface area contributed by atoms with Gasteiger partial charge in [-0.15, -0.1) is 0 Å². The zero-order chi connectivity index (χ0) is 11.6. The molecule has 0 aromatic carbocycles. The van der Waals surface area contributed by atoms with Crippen LogP contribution in [0.1, 0.15) is 18.9 Å². The molecule has 16 heavy (non-hydrogen) atoms. The maximum absolute atomic E-state index is 4.28. The van der Waals surface area contributed by atoms with Crippen molar-refractivity contribution in [1.29, 1.82) is 0 Å². The second-order valence-electron chi connectivity index (χ2n) is 3.44. The minimum Gasteiger partial charge on any atom is -0.320 e. The Morgan fingerprint density at radius 2 is 2.00 bits per heavy atom. The van der Waals surface area contributed by atoms with Gasteiger partial charge in [-0.2, -0.15) is 0 Å². The van der Waals surface area contributed by atoms with E-state index in [2.05, 4.69) is 27.5 Å². The Balaban J connectivity index is 2.21. The van der Waals surface area contributed by atoms with E-state index in [0.29, 0.717) is 0 Å². The topological polar surface area (TPSA) is 49.8 Å². The molecule has 0 spiro atoms. The van der Waals surface area contributed by atoms with Gasteiger partial charge in [0, 0.05) is 24.5 Å². The first-order valence-electron chi connectivity index (χ1n) is 5.66. The van der Waals surface area contributed by atoms with Gasteiger partial charge in [0.05, 0.1) is 0 Å². The van der Waals surface area contributed by atoms with Crippen LogP contribution in [0.2, 0.25) is 0 Å². The van der Waals surface area contributed by atoms with E-state index in [1.54, 1.807) is 11.8 Å². The molecule has 1 aromatic rings. The summed E-state index contributed by atoms with van der Waals surface area (Å²) in [5.74, 6) is 1.02. The normalized spacial score (nSPS) is 10.6. The minimum absolute atomic E-state index is 0.848. The highest BCUT2D eigenvalue weighted by atomic mass is 32.2. The maximum Gasteiger partial charge on any atom is 0.187 e. The zero-order valence-corrected chi connectivity index (χ0v) is 10.8. The van der Waals surface area contributed by atoms with E-state index >= 15 is 0 Å². The van der Waals surface area contributed by atoms with Gasteiger partial charge in [0.15, 0.2) is 5.16 Å². The Labute approximate surface area is 102 Å². The molecule has 0 radical (unpaired) electrons. The lowest BCUT2D eigenvalue weighted by Crippen LogP contribution is -2.19. The molecule has 2 N–H and O–H groups in total. The average Bonchev–Trinajstić information content (AvgIpc) is 2.31. The van der Waals surface area contributed by atoms with Crippen LogP contribution in [0.15, 0.2) is 17.6 Å². The van der Waals surface area contributed by atoms with E-state index in [4.69, 9.17) is 0 Å². The molecule has 0 aliphatic rings. The first-order valence-corrected chi connectivity index (χ1v) is 6.64. The van der Waals surface area contributed by atoms with Gasteiger partial charge >= 0.3 is 0 Å². The van der Waals surface area contributed by atoms with Gasteiger partial charge in [-0.3, -0.25) is 0 Å². The number of hydrogen-bond donors (Lipinski definition) is 2. The molecule has 90 valence electrons. The Kier molecular flexibility index (Phi) is 7.12. The van der Waals surface area contributed by atoms with Crippen LogP contribution in [0.4, 0.5) is 0 Å². The molecule has 0 atom stereocenters. The van der Waals surface area contributed by atoms with E-state index in [1.807, 2.05) is 19.4 Å². The van der Waals surface area contributed by atoms with Crippen LogP contribution >= 0.6 is 11.8 Å². The first-order chi connectivity index (χ1) is 7.86. The number of nitrogens with zero attached hydrogens (tertiary/aromatic N) is 2. The van der Waals surface area contributed by atoms with E-state index in [1.165, 1.54) is 0 Å². The molecule has 0 aliphatic heterocycles. The standard InChI is InChI=1S/C11H20N4S/c1-3-16-11-14-8-10(9-15-11)7-13-6-4-5-12-2/h8-9,12-13H,3-7H2,1-2H3. The molecule has 0 aliphatic carbocycles. The van der Waals surface area contributed by atoms with Gasteiger partial charge in [-0.1, -0.05) is 18.7 Å². The quantitative estimate of drug-likeness (QED) is 0.407. The molecule has 0 saturated carbocycles. The molecule has 4 nitrogen and oxygen atoms in total. The summed E-state index contributed by atoms with van der Waals surface area (Å²) in [6.45, 7) is 5.02. The highest BCUT2D eigenvalue weighted by molar-refractivity contribution is 7.99. The van der Waals surface area contributed by atoms with Crippen molar-refractivity contribution < 1.29 is 0 Å². The fraction of sp³-hybridized carbons (Fsp3) is 0.636. The van der Waals surface area contributed by atoms with Crippen LogP contribution in [0.3, 0.4) is 0 Å². The van der Waals surface area contributed by atoms with Crippen molar-refractivity contribution in [3.05, 3.63) is 18.0 Å². The predicted octanol–water partition coefficient (Wildman–Crippen LogP) is 1.29. The lowest BCUT2D eigenvalue weighted by Gasteiger charge is -2.04. The van der Waals surface area contributed by atoms with Crippen LogP contribution in [-0.2, 0) is 6.54 Å². The summed E-state index contributed by atoms with van der Waals surface area (Å²) in [6.07, 6.45) is 4.94. The summed E-state index contributed by atoms with van der Waals surface area (Å²) in [5, 5.41) is 7.34. The summed E-state index contributed by atoms with van der Waals surface area (Å²) in [5.41, 5.74) is 1.14. The highest BCUT2D eigenvalue weighted by Crippen LogP contribution is 2.10. The Morgan fingerprint density at radius 3 is 2.62 bits per heavy atom. The van der Waals surface area contributed by atoms with Gasteiger partial charge in [-0.05, 0) is 32.3 Å². The molecule has 0 amide bonds. The number of nitrogens with one attached hydrogen (secondary N) is 2. The van der Waals surface area contributed by atoms with Crippen molar-refractivity contribution >= 4 is 11.8 Å². The second kappa shape index (κ2) is 8.50. The van der Waals surface area contributed by atoms with Gasteiger partial charge in [0.1, 0.15) is 0 Å². The van der Waals surface area contributed by atoms with E-state index in [9.17, 15) is 0 Å². The van der Waals surface area contributed by atoms with Crippen molar-refractivity contribution in [3.8, 4) is 0 Å². The van der Waals surface area contributed by atoms with Crippen LogP contribution in [0.25, 0.3) is 0 Å². The van der Waals surface area contributed by atoms with Crippen molar-refractivity contribution in [2.24, 2.45) is 0 Å². The highest BCUT2D eigenvalue weighted by Gasteiger charge is 1.97. The van der Waals surface area contributed by atoms with Gasteiger partial charge in [0.25, 0.3) is 0 Å². The first kappa shape index (κ1) is 13.4. The largest absolute Gasteiger partial charge is 0.320 e. The number of rotatable bonds is 8. The lowest BCUT2D eigenvalue weighted by atomic mass is 10.3. The summed E-state index contributed by atoms with van der Waals surface area (Å²) in [6, 6.07) is 0. The molecular formula is C11H20N4S. The number of thioether (sulfide) groups is 1. The second-order valence-corrected chi connectivity index (χ2v) is 4.67. The van der Waals surface area contributed by atoms with Crippen LogP contribution < -0.4 is 10.6 Å². The third-order valence-electron chi connectivity index (χ3n) is 2.06. The monoisotopic (exact) mass is 240 g/mol. The van der Waals surface area contributed by atoms with Crippen molar-refractivity contribution in [3.63, 3.8) is 0 Å². The SMILES string of the molecule is CCSc1ncc(CNCCCNC)cn1.